The molecule has 0 spiro atoms. The van der Waals surface area contributed by atoms with E-state index in [9.17, 15) is 0 Å². The third-order valence-electron chi connectivity index (χ3n) is 2.83. The Hall–Kier alpha value is -1.20. The van der Waals surface area contributed by atoms with Gasteiger partial charge in [-0.05, 0) is 49.8 Å². The van der Waals surface area contributed by atoms with E-state index in [1.165, 1.54) is 0 Å². The van der Waals surface area contributed by atoms with Crippen molar-refractivity contribution in [2.75, 3.05) is 7.05 Å². The van der Waals surface area contributed by atoms with E-state index in [0.29, 0.717) is 5.11 Å². The molecule has 0 amide bonds. The summed E-state index contributed by atoms with van der Waals surface area (Å²) in [7, 11) is 1.86. The molecule has 1 aromatic carbocycles. The van der Waals surface area contributed by atoms with E-state index in [0.717, 1.165) is 16.3 Å². The van der Waals surface area contributed by atoms with Crippen LogP contribution >= 0.6 is 23.8 Å². The van der Waals surface area contributed by atoms with Crippen LogP contribution in [0.25, 0.3) is 0 Å². The Morgan fingerprint density at radius 2 is 2.22 bits per heavy atom. The average Bonchev–Trinajstić information content (AvgIpc) is 2.65. The number of nitrogens with zero attached hydrogens (tertiary/aromatic N) is 3. The number of azo groups is 1. The molecular formula is C12H14ClN3OS. The largest absolute Gasteiger partial charge is 0.486 e. The van der Waals surface area contributed by atoms with Crippen LogP contribution in [0, 0.1) is 6.92 Å². The predicted octanol–water partition coefficient (Wildman–Crippen LogP) is 3.42. The van der Waals surface area contributed by atoms with Gasteiger partial charge in [0.05, 0.1) is 0 Å². The minimum absolute atomic E-state index is 0.139. The van der Waals surface area contributed by atoms with E-state index in [1.54, 1.807) is 0 Å². The Bertz CT molecular complexity index is 506. The van der Waals surface area contributed by atoms with Crippen LogP contribution in [0.15, 0.2) is 28.4 Å². The Kier molecular flexibility index (Phi) is 3.82. The lowest BCUT2D eigenvalue weighted by Gasteiger charge is -2.24. The van der Waals surface area contributed by atoms with Gasteiger partial charge in [-0.1, -0.05) is 11.6 Å². The van der Waals surface area contributed by atoms with Gasteiger partial charge in [0.15, 0.2) is 6.17 Å². The van der Waals surface area contributed by atoms with Gasteiger partial charge < -0.3 is 9.64 Å². The number of ether oxygens (including phenoxy) is 1. The lowest BCUT2D eigenvalue weighted by molar-refractivity contribution is 0.142. The number of hydrogen-bond donors (Lipinski definition) is 0. The second kappa shape index (κ2) is 5.20. The molecule has 0 saturated carbocycles. The van der Waals surface area contributed by atoms with Crippen LogP contribution in [0.1, 0.15) is 12.5 Å². The van der Waals surface area contributed by atoms with Crippen LogP contribution in [0.4, 0.5) is 0 Å². The molecule has 18 heavy (non-hydrogen) atoms. The van der Waals surface area contributed by atoms with Crippen molar-refractivity contribution in [3.8, 4) is 5.75 Å². The molecule has 6 heteroatoms. The van der Waals surface area contributed by atoms with E-state index >= 15 is 0 Å². The minimum atomic E-state index is -0.173. The number of aryl methyl sites for hydroxylation is 1. The highest BCUT2D eigenvalue weighted by molar-refractivity contribution is 7.80. The Labute approximate surface area is 117 Å². The van der Waals surface area contributed by atoms with Gasteiger partial charge in [-0.25, -0.2) is 0 Å². The summed E-state index contributed by atoms with van der Waals surface area (Å²) in [6.07, 6.45) is -0.312. The van der Waals surface area contributed by atoms with Crippen molar-refractivity contribution in [2.45, 2.75) is 26.1 Å². The summed E-state index contributed by atoms with van der Waals surface area (Å²) >= 11 is 11.0. The van der Waals surface area contributed by atoms with Crippen LogP contribution in [0.2, 0.25) is 5.02 Å². The van der Waals surface area contributed by atoms with Crippen LogP contribution in [0.5, 0.6) is 5.75 Å². The molecule has 96 valence electrons. The van der Waals surface area contributed by atoms with Gasteiger partial charge in [0, 0.05) is 12.1 Å². The summed E-state index contributed by atoms with van der Waals surface area (Å²) in [5.41, 5.74) is 0.985. The summed E-state index contributed by atoms with van der Waals surface area (Å²) in [5, 5.41) is 9.19. The summed E-state index contributed by atoms with van der Waals surface area (Å²) in [6, 6.07) is 5.57. The zero-order valence-electron chi connectivity index (χ0n) is 10.4. The van der Waals surface area contributed by atoms with Gasteiger partial charge in [-0.2, -0.15) is 5.11 Å². The van der Waals surface area contributed by atoms with Gasteiger partial charge in [0.1, 0.15) is 11.9 Å². The Morgan fingerprint density at radius 3 is 2.78 bits per heavy atom. The highest BCUT2D eigenvalue weighted by Gasteiger charge is 2.29. The zero-order chi connectivity index (χ0) is 13.3. The summed E-state index contributed by atoms with van der Waals surface area (Å²) < 4.78 is 5.84. The van der Waals surface area contributed by atoms with Gasteiger partial charge in [-0.15, -0.1) is 5.11 Å². The van der Waals surface area contributed by atoms with E-state index in [1.807, 2.05) is 44.0 Å². The molecule has 4 nitrogen and oxygen atoms in total. The fourth-order valence-corrected chi connectivity index (χ4v) is 2.02. The molecule has 2 rings (SSSR count). The van der Waals surface area contributed by atoms with Gasteiger partial charge >= 0.3 is 0 Å². The van der Waals surface area contributed by atoms with Crippen LogP contribution in [0.3, 0.4) is 0 Å². The number of benzene rings is 1. The van der Waals surface area contributed by atoms with Crippen molar-refractivity contribution in [1.29, 1.82) is 0 Å². The van der Waals surface area contributed by atoms with Crippen molar-refractivity contribution in [1.82, 2.24) is 4.90 Å². The SMILES string of the molecule is Cc1cc(OC(C)C2N=NC(=S)N2C)ccc1Cl. The van der Waals surface area contributed by atoms with Crippen LogP contribution in [-0.2, 0) is 0 Å². The quantitative estimate of drug-likeness (QED) is 0.798. The molecule has 0 saturated heterocycles. The minimum Gasteiger partial charge on any atom is -0.486 e. The zero-order valence-corrected chi connectivity index (χ0v) is 12.0. The summed E-state index contributed by atoms with van der Waals surface area (Å²) in [4.78, 5) is 1.82. The molecule has 0 N–H and O–H groups in total. The fraction of sp³-hybridized carbons (Fsp3) is 0.417. The fourth-order valence-electron chi connectivity index (χ4n) is 1.74. The molecule has 1 aromatic rings. The van der Waals surface area contributed by atoms with Crippen molar-refractivity contribution in [3.63, 3.8) is 0 Å². The molecule has 0 aliphatic carbocycles. The smallest absolute Gasteiger partial charge is 0.217 e. The maximum Gasteiger partial charge on any atom is 0.217 e. The van der Waals surface area contributed by atoms with E-state index < -0.39 is 0 Å². The molecule has 0 fully saturated rings. The molecule has 2 unspecified atom stereocenters. The number of halogens is 1. The highest BCUT2D eigenvalue weighted by atomic mass is 35.5. The third kappa shape index (κ3) is 2.62. The van der Waals surface area contributed by atoms with Crippen molar-refractivity contribution >= 4 is 28.9 Å². The monoisotopic (exact) mass is 283 g/mol. The first-order chi connectivity index (χ1) is 8.49. The number of rotatable bonds is 3. The van der Waals surface area contributed by atoms with E-state index in [-0.39, 0.29) is 12.3 Å². The maximum atomic E-state index is 5.97. The number of hydrogen-bond acceptors (Lipinski definition) is 3. The second-order valence-corrected chi connectivity index (χ2v) is 5.03. The topological polar surface area (TPSA) is 37.2 Å². The molecule has 2 atom stereocenters. The molecule has 1 aliphatic heterocycles. The van der Waals surface area contributed by atoms with Gasteiger partial charge in [0.25, 0.3) is 0 Å². The van der Waals surface area contributed by atoms with E-state index in [2.05, 4.69) is 10.2 Å². The molecule has 1 aliphatic rings. The average molecular weight is 284 g/mol. The third-order valence-corrected chi connectivity index (χ3v) is 3.63. The van der Waals surface area contributed by atoms with E-state index in [4.69, 9.17) is 28.6 Å². The van der Waals surface area contributed by atoms with Crippen molar-refractivity contribution < 1.29 is 4.74 Å². The molecule has 1 heterocycles. The standard InChI is InChI=1S/C12H14ClN3OS/c1-7-6-9(4-5-10(7)13)17-8(2)11-14-15-12(18)16(11)3/h4-6,8,11H,1-3H3. The molecule has 0 aromatic heterocycles. The lowest BCUT2D eigenvalue weighted by atomic mass is 10.2. The molecular weight excluding hydrogens is 270 g/mol. The number of thiocarbonyl (C=S) groups is 1. The van der Waals surface area contributed by atoms with Crippen molar-refractivity contribution in [3.05, 3.63) is 28.8 Å². The first kappa shape index (κ1) is 13.2. The second-order valence-electron chi connectivity index (χ2n) is 4.26. The lowest BCUT2D eigenvalue weighted by Crippen LogP contribution is -2.39. The summed E-state index contributed by atoms with van der Waals surface area (Å²) in [5.74, 6) is 0.769. The first-order valence-electron chi connectivity index (χ1n) is 5.59. The van der Waals surface area contributed by atoms with Crippen molar-refractivity contribution in [2.24, 2.45) is 10.2 Å². The number of likely N-dealkylation sites (N-methyl/N-ethyl adjacent to an activating group) is 1. The van der Waals surface area contributed by atoms with Gasteiger partial charge in [0.2, 0.25) is 5.11 Å². The Morgan fingerprint density at radius 1 is 1.50 bits per heavy atom. The van der Waals surface area contributed by atoms with Gasteiger partial charge in [-0.3, -0.25) is 0 Å². The highest BCUT2D eigenvalue weighted by Crippen LogP contribution is 2.24. The normalized spacial score (nSPS) is 20.3. The molecule has 0 bridgehead atoms. The Balaban J connectivity index is 2.07. The molecule has 0 radical (unpaired) electrons. The first-order valence-corrected chi connectivity index (χ1v) is 6.38. The maximum absolute atomic E-state index is 5.97. The predicted molar refractivity (Wildman–Crippen MR) is 75.3 cm³/mol. The van der Waals surface area contributed by atoms with Crippen LogP contribution in [-0.4, -0.2) is 29.3 Å². The summed E-state index contributed by atoms with van der Waals surface area (Å²) in [6.45, 7) is 3.88. The van der Waals surface area contributed by atoms with Crippen LogP contribution < -0.4 is 4.74 Å².